The maximum Gasteiger partial charge on any atom is 0.200 e. The van der Waals surface area contributed by atoms with Crippen LogP contribution in [0, 0.1) is 0 Å². The second kappa shape index (κ2) is 5.60. The van der Waals surface area contributed by atoms with Crippen LogP contribution in [0.1, 0.15) is 41.3 Å². The number of para-hydroxylation sites is 1. The fourth-order valence-corrected chi connectivity index (χ4v) is 2.67. The van der Waals surface area contributed by atoms with Crippen LogP contribution in [-0.4, -0.2) is 10.8 Å². The third-order valence-corrected chi connectivity index (χ3v) is 3.85. The largest absolute Gasteiger partial charge is 0.360 e. The molecule has 110 valence electrons. The lowest BCUT2D eigenvalue weighted by molar-refractivity contribution is 0.103. The summed E-state index contributed by atoms with van der Waals surface area (Å²) in [5, 5.41) is 0.563. The summed E-state index contributed by atoms with van der Waals surface area (Å²) in [5.74, 6) is 0.0497. The standard InChI is InChI=1S/C19H17NO2/c1-12(2)14-9-6-10-15-17(14)20-11-16(19(15)22)18(21)13-7-4-3-5-8-13/h3-12H,1-2H3,(H,20,22). The lowest BCUT2D eigenvalue weighted by Crippen LogP contribution is -2.17. The number of hydrogen-bond donors (Lipinski definition) is 1. The second-order valence-electron chi connectivity index (χ2n) is 5.65. The minimum absolute atomic E-state index is 0.180. The van der Waals surface area contributed by atoms with E-state index in [9.17, 15) is 9.59 Å². The molecule has 0 fully saturated rings. The predicted octanol–water partition coefficient (Wildman–Crippen LogP) is 3.88. The Morgan fingerprint density at radius 3 is 2.41 bits per heavy atom. The number of ketones is 1. The molecule has 3 aromatic rings. The van der Waals surface area contributed by atoms with Gasteiger partial charge in [0.25, 0.3) is 0 Å². The Labute approximate surface area is 128 Å². The van der Waals surface area contributed by atoms with Crippen molar-refractivity contribution in [3.63, 3.8) is 0 Å². The number of carbonyl (C=O) groups is 1. The number of rotatable bonds is 3. The summed E-state index contributed by atoms with van der Waals surface area (Å²) in [6.45, 7) is 4.16. The van der Waals surface area contributed by atoms with Gasteiger partial charge in [-0.25, -0.2) is 0 Å². The van der Waals surface area contributed by atoms with E-state index in [2.05, 4.69) is 18.8 Å². The SMILES string of the molecule is CC(C)c1cccc2c(=O)c(C(=O)c3ccccc3)c[nH]c12. The van der Waals surface area contributed by atoms with Crippen molar-refractivity contribution in [1.82, 2.24) is 4.98 Å². The molecular formula is C19H17NO2. The second-order valence-corrected chi connectivity index (χ2v) is 5.65. The van der Waals surface area contributed by atoms with Gasteiger partial charge in [0.1, 0.15) is 0 Å². The maximum atomic E-state index is 12.7. The number of aromatic amines is 1. The van der Waals surface area contributed by atoms with E-state index < -0.39 is 0 Å². The summed E-state index contributed by atoms with van der Waals surface area (Å²) >= 11 is 0. The number of pyridine rings is 1. The van der Waals surface area contributed by atoms with Crippen molar-refractivity contribution in [2.75, 3.05) is 0 Å². The molecule has 0 spiro atoms. The summed E-state index contributed by atoms with van der Waals surface area (Å²) in [7, 11) is 0. The Hall–Kier alpha value is -2.68. The van der Waals surface area contributed by atoms with Crippen LogP contribution in [0.3, 0.4) is 0 Å². The van der Waals surface area contributed by atoms with Crippen LogP contribution in [-0.2, 0) is 0 Å². The summed E-state index contributed by atoms with van der Waals surface area (Å²) in [5.41, 5.74) is 2.37. The Balaban J connectivity index is 2.20. The molecule has 0 aliphatic rings. The molecule has 0 bridgehead atoms. The monoisotopic (exact) mass is 291 g/mol. The fraction of sp³-hybridized carbons (Fsp3) is 0.158. The number of fused-ring (bicyclic) bond motifs is 1. The summed E-state index contributed by atoms with van der Waals surface area (Å²) in [6.07, 6.45) is 1.53. The quantitative estimate of drug-likeness (QED) is 0.744. The van der Waals surface area contributed by atoms with Crippen molar-refractivity contribution in [3.05, 3.63) is 81.6 Å². The molecule has 0 radical (unpaired) electrons. The first-order valence-corrected chi connectivity index (χ1v) is 7.33. The molecule has 1 N–H and O–H groups in total. The Morgan fingerprint density at radius 2 is 1.73 bits per heavy atom. The number of H-pyrrole nitrogens is 1. The van der Waals surface area contributed by atoms with Gasteiger partial charge in [-0.05, 0) is 17.5 Å². The van der Waals surface area contributed by atoms with Crippen LogP contribution >= 0.6 is 0 Å². The average molecular weight is 291 g/mol. The molecule has 3 nitrogen and oxygen atoms in total. The van der Waals surface area contributed by atoms with Gasteiger partial charge in [-0.15, -0.1) is 0 Å². The van der Waals surface area contributed by atoms with Gasteiger partial charge in [0.05, 0.1) is 11.1 Å². The maximum absolute atomic E-state index is 12.7. The van der Waals surface area contributed by atoms with E-state index in [4.69, 9.17) is 0 Å². The number of aromatic nitrogens is 1. The van der Waals surface area contributed by atoms with E-state index in [1.165, 1.54) is 6.20 Å². The van der Waals surface area contributed by atoms with Gasteiger partial charge in [-0.2, -0.15) is 0 Å². The average Bonchev–Trinajstić information content (AvgIpc) is 2.55. The minimum atomic E-state index is -0.251. The van der Waals surface area contributed by atoms with E-state index in [1.54, 1.807) is 30.3 Å². The molecule has 3 rings (SSSR count). The highest BCUT2D eigenvalue weighted by atomic mass is 16.1. The molecule has 0 saturated carbocycles. The molecule has 0 amide bonds. The Kier molecular flexibility index (Phi) is 3.63. The fourth-order valence-electron chi connectivity index (χ4n) is 2.67. The van der Waals surface area contributed by atoms with E-state index in [0.717, 1.165) is 11.1 Å². The zero-order valence-electron chi connectivity index (χ0n) is 12.6. The van der Waals surface area contributed by atoms with Crippen LogP contribution < -0.4 is 5.43 Å². The normalized spacial score (nSPS) is 11.0. The number of benzene rings is 2. The van der Waals surface area contributed by atoms with E-state index in [-0.39, 0.29) is 16.8 Å². The van der Waals surface area contributed by atoms with Crippen LogP contribution in [0.2, 0.25) is 0 Å². The third kappa shape index (κ3) is 2.35. The van der Waals surface area contributed by atoms with Crippen molar-refractivity contribution in [3.8, 4) is 0 Å². The zero-order valence-corrected chi connectivity index (χ0v) is 12.6. The highest BCUT2D eigenvalue weighted by Crippen LogP contribution is 2.22. The molecular weight excluding hydrogens is 274 g/mol. The van der Waals surface area contributed by atoms with Crippen LogP contribution in [0.25, 0.3) is 10.9 Å². The molecule has 0 unspecified atom stereocenters. The van der Waals surface area contributed by atoms with Gasteiger partial charge in [0.2, 0.25) is 5.43 Å². The molecule has 0 aliphatic heterocycles. The van der Waals surface area contributed by atoms with Gasteiger partial charge < -0.3 is 4.98 Å². The first kappa shape index (κ1) is 14.3. The van der Waals surface area contributed by atoms with Crippen molar-refractivity contribution in [2.24, 2.45) is 0 Å². The van der Waals surface area contributed by atoms with E-state index in [0.29, 0.717) is 16.9 Å². The summed E-state index contributed by atoms with van der Waals surface area (Å²) in [4.78, 5) is 28.3. The summed E-state index contributed by atoms with van der Waals surface area (Å²) in [6, 6.07) is 14.5. The zero-order chi connectivity index (χ0) is 15.7. The molecule has 3 heteroatoms. The van der Waals surface area contributed by atoms with E-state index in [1.807, 2.05) is 18.2 Å². The van der Waals surface area contributed by atoms with Crippen molar-refractivity contribution >= 4 is 16.7 Å². The highest BCUT2D eigenvalue weighted by molar-refractivity contribution is 6.10. The van der Waals surface area contributed by atoms with Crippen LogP contribution in [0.4, 0.5) is 0 Å². The molecule has 0 aliphatic carbocycles. The van der Waals surface area contributed by atoms with E-state index >= 15 is 0 Å². The predicted molar refractivity (Wildman–Crippen MR) is 88.5 cm³/mol. The minimum Gasteiger partial charge on any atom is -0.360 e. The van der Waals surface area contributed by atoms with Crippen molar-refractivity contribution in [1.29, 1.82) is 0 Å². The topological polar surface area (TPSA) is 49.9 Å². The van der Waals surface area contributed by atoms with Gasteiger partial charge in [-0.1, -0.05) is 56.3 Å². The van der Waals surface area contributed by atoms with Crippen molar-refractivity contribution in [2.45, 2.75) is 19.8 Å². The number of carbonyl (C=O) groups excluding carboxylic acids is 1. The summed E-state index contributed by atoms with van der Waals surface area (Å²) < 4.78 is 0. The van der Waals surface area contributed by atoms with Crippen LogP contribution in [0.15, 0.2) is 59.5 Å². The number of hydrogen-bond acceptors (Lipinski definition) is 2. The Bertz CT molecular complexity index is 892. The van der Waals surface area contributed by atoms with Gasteiger partial charge in [0, 0.05) is 17.1 Å². The first-order chi connectivity index (χ1) is 10.6. The highest BCUT2D eigenvalue weighted by Gasteiger charge is 2.16. The Morgan fingerprint density at radius 1 is 1.00 bits per heavy atom. The third-order valence-electron chi connectivity index (χ3n) is 3.85. The smallest absolute Gasteiger partial charge is 0.200 e. The first-order valence-electron chi connectivity index (χ1n) is 7.33. The molecule has 1 aromatic heterocycles. The lowest BCUT2D eigenvalue weighted by Gasteiger charge is -2.10. The molecule has 2 aromatic carbocycles. The van der Waals surface area contributed by atoms with Gasteiger partial charge >= 0.3 is 0 Å². The van der Waals surface area contributed by atoms with Gasteiger partial charge in [0.15, 0.2) is 5.78 Å². The van der Waals surface area contributed by atoms with Crippen LogP contribution in [0.5, 0.6) is 0 Å². The number of nitrogens with one attached hydrogen (secondary N) is 1. The van der Waals surface area contributed by atoms with Crippen molar-refractivity contribution < 1.29 is 4.79 Å². The molecule has 1 heterocycles. The molecule has 0 atom stereocenters. The molecule has 22 heavy (non-hydrogen) atoms. The van der Waals surface area contributed by atoms with Gasteiger partial charge in [-0.3, -0.25) is 9.59 Å². The lowest BCUT2D eigenvalue weighted by atomic mass is 9.97. The molecule has 0 saturated heterocycles.